The number of fused-ring (bicyclic) bond motifs is 17. The van der Waals surface area contributed by atoms with Gasteiger partial charge in [-0.05, 0) is 79.9 Å². The molecule has 3 unspecified atom stereocenters. The molecule has 1 heteroatoms. The summed E-state index contributed by atoms with van der Waals surface area (Å²) in [5, 5.41) is 0. The van der Waals surface area contributed by atoms with Gasteiger partial charge in [-0.2, -0.15) is 0 Å². The third-order valence-corrected chi connectivity index (χ3v) is 10.1. The molecule has 28 heavy (non-hydrogen) atoms. The molecule has 6 atom stereocenters. The maximum Gasteiger partial charge on any atom is -0.0112 e. The fourth-order valence-electron chi connectivity index (χ4n) is 6.65. The Morgan fingerprint density at radius 3 is 2.18 bits per heavy atom. The first kappa shape index (κ1) is 22.8. The van der Waals surface area contributed by atoms with Crippen molar-refractivity contribution >= 4 is 8.58 Å². The summed E-state index contributed by atoms with van der Waals surface area (Å²) in [5.41, 5.74) is 2.17. The minimum atomic E-state index is 0.589. The van der Waals surface area contributed by atoms with Crippen molar-refractivity contribution in [1.29, 1.82) is 0 Å². The minimum absolute atomic E-state index is 0.589. The molecule has 0 N–H and O–H groups in total. The SMILES string of the molecule is C=C1CC1[C@@]1(C)C[C@H]2CCCCCPCCCCCCC(C)CCC[C@H]1CC2. The van der Waals surface area contributed by atoms with E-state index in [1.54, 1.807) is 5.57 Å². The van der Waals surface area contributed by atoms with Crippen molar-refractivity contribution in [3.8, 4) is 0 Å². The summed E-state index contributed by atoms with van der Waals surface area (Å²) in [5.74, 6) is 3.82. The lowest BCUT2D eigenvalue weighted by molar-refractivity contribution is 0.0451. The highest BCUT2D eigenvalue weighted by atomic mass is 31.1. The van der Waals surface area contributed by atoms with Crippen molar-refractivity contribution in [1.82, 2.24) is 0 Å². The second-order valence-electron chi connectivity index (χ2n) is 11.1. The maximum absolute atomic E-state index is 4.38. The highest BCUT2D eigenvalue weighted by Crippen LogP contribution is 2.61. The predicted octanol–water partition coefficient (Wildman–Crippen LogP) is 8.99. The maximum atomic E-state index is 4.38. The zero-order valence-electron chi connectivity index (χ0n) is 19.2. The monoisotopic (exact) mass is 404 g/mol. The zero-order valence-corrected chi connectivity index (χ0v) is 20.2. The average Bonchev–Trinajstić information content (AvgIpc) is 3.41. The smallest absolute Gasteiger partial charge is 0.0112 e. The molecule has 2 saturated heterocycles. The van der Waals surface area contributed by atoms with Crippen molar-refractivity contribution in [3.63, 3.8) is 0 Å². The molecule has 4 aliphatic rings. The molecule has 2 bridgehead atoms. The topological polar surface area (TPSA) is 0 Å². The Kier molecular flexibility index (Phi) is 9.41. The zero-order chi connectivity index (χ0) is 19.8. The molecule has 0 amide bonds. The van der Waals surface area contributed by atoms with Crippen LogP contribution in [-0.4, -0.2) is 12.3 Å². The van der Waals surface area contributed by atoms with Crippen LogP contribution >= 0.6 is 8.58 Å². The van der Waals surface area contributed by atoms with Crippen LogP contribution < -0.4 is 0 Å². The van der Waals surface area contributed by atoms with Gasteiger partial charge in [0.1, 0.15) is 0 Å². The fraction of sp³-hybridized carbons (Fsp3) is 0.926. The van der Waals surface area contributed by atoms with Crippen molar-refractivity contribution < 1.29 is 0 Å². The van der Waals surface area contributed by atoms with Gasteiger partial charge in [0.25, 0.3) is 0 Å². The third-order valence-electron chi connectivity index (χ3n) is 8.70. The second-order valence-corrected chi connectivity index (χ2v) is 12.6. The molecule has 0 nitrogen and oxygen atoms in total. The van der Waals surface area contributed by atoms with E-state index in [1.165, 1.54) is 124 Å². The molecule has 2 heterocycles. The predicted molar refractivity (Wildman–Crippen MR) is 129 cm³/mol. The van der Waals surface area contributed by atoms with Gasteiger partial charge in [-0.25, -0.2) is 0 Å². The lowest BCUT2D eigenvalue weighted by atomic mass is 9.59. The summed E-state index contributed by atoms with van der Waals surface area (Å²) in [6.07, 6.45) is 26.8. The molecule has 0 spiro atoms. The summed E-state index contributed by atoms with van der Waals surface area (Å²) in [4.78, 5) is 0. The van der Waals surface area contributed by atoms with Crippen LogP contribution in [0.25, 0.3) is 0 Å². The van der Waals surface area contributed by atoms with Gasteiger partial charge >= 0.3 is 0 Å². The highest BCUT2D eigenvalue weighted by molar-refractivity contribution is 7.37. The summed E-state index contributed by atoms with van der Waals surface area (Å²) >= 11 is 0. The van der Waals surface area contributed by atoms with E-state index in [4.69, 9.17) is 0 Å². The Morgan fingerprint density at radius 1 is 0.786 bits per heavy atom. The molecule has 2 saturated carbocycles. The molecule has 0 aromatic heterocycles. The first-order valence-electron chi connectivity index (χ1n) is 13.0. The van der Waals surface area contributed by atoms with Crippen molar-refractivity contribution in [3.05, 3.63) is 12.2 Å². The molecule has 2 aliphatic heterocycles. The number of hydrogen-bond acceptors (Lipinski definition) is 0. The first-order valence-corrected chi connectivity index (χ1v) is 14.4. The molecule has 2 aliphatic carbocycles. The van der Waals surface area contributed by atoms with Gasteiger partial charge in [-0.3, -0.25) is 0 Å². The van der Waals surface area contributed by atoms with Gasteiger partial charge in [0.05, 0.1) is 0 Å². The second kappa shape index (κ2) is 11.5. The largest absolute Gasteiger partial charge is 0.122 e. The van der Waals surface area contributed by atoms with Crippen molar-refractivity contribution in [2.75, 3.05) is 12.3 Å². The van der Waals surface area contributed by atoms with Gasteiger partial charge in [-0.15, -0.1) is 8.58 Å². The Labute approximate surface area is 178 Å². The Hall–Kier alpha value is 0.170. The molecule has 4 rings (SSSR count). The van der Waals surface area contributed by atoms with E-state index in [1.807, 2.05) is 0 Å². The number of allylic oxidation sites excluding steroid dienone is 1. The Balaban J connectivity index is 1.54. The van der Waals surface area contributed by atoms with Crippen LogP contribution in [0.3, 0.4) is 0 Å². The molecule has 162 valence electrons. The quantitative estimate of drug-likeness (QED) is 0.302. The van der Waals surface area contributed by atoms with Gasteiger partial charge in [0.2, 0.25) is 0 Å². The van der Waals surface area contributed by atoms with E-state index in [2.05, 4.69) is 20.4 Å². The van der Waals surface area contributed by atoms with E-state index < -0.39 is 0 Å². The molecular weight excluding hydrogens is 355 g/mol. The van der Waals surface area contributed by atoms with Crippen molar-refractivity contribution in [2.45, 2.75) is 117 Å². The molecule has 0 aromatic carbocycles. The molecular formula is C27H49P. The summed E-state index contributed by atoms with van der Waals surface area (Å²) < 4.78 is 0. The normalized spacial score (nSPS) is 41.0. The number of hydrogen-bond donors (Lipinski definition) is 0. The van der Waals surface area contributed by atoms with Gasteiger partial charge in [-0.1, -0.05) is 90.2 Å². The van der Waals surface area contributed by atoms with Crippen LogP contribution in [-0.2, 0) is 0 Å². The van der Waals surface area contributed by atoms with Gasteiger partial charge in [0, 0.05) is 0 Å². The highest BCUT2D eigenvalue weighted by Gasteiger charge is 2.51. The van der Waals surface area contributed by atoms with Crippen LogP contribution in [0.1, 0.15) is 117 Å². The van der Waals surface area contributed by atoms with E-state index >= 15 is 0 Å². The van der Waals surface area contributed by atoms with Crippen molar-refractivity contribution in [2.24, 2.45) is 29.1 Å². The lowest BCUT2D eigenvalue weighted by Crippen LogP contribution is -2.37. The summed E-state index contributed by atoms with van der Waals surface area (Å²) in [6.45, 7) is 9.57. The average molecular weight is 405 g/mol. The van der Waals surface area contributed by atoms with E-state index in [0.29, 0.717) is 5.41 Å². The Bertz CT molecular complexity index is 469. The van der Waals surface area contributed by atoms with Gasteiger partial charge < -0.3 is 0 Å². The molecule has 0 radical (unpaired) electrons. The minimum Gasteiger partial charge on any atom is -0.122 e. The number of rotatable bonds is 1. The fourth-order valence-corrected chi connectivity index (χ4v) is 7.90. The van der Waals surface area contributed by atoms with E-state index in [0.717, 1.165) is 23.7 Å². The van der Waals surface area contributed by atoms with E-state index in [9.17, 15) is 0 Å². The lowest BCUT2D eigenvalue weighted by Gasteiger charge is -2.46. The van der Waals surface area contributed by atoms with Crippen LogP contribution in [0, 0.1) is 29.1 Å². The van der Waals surface area contributed by atoms with Crippen LogP contribution in [0.15, 0.2) is 12.2 Å². The van der Waals surface area contributed by atoms with Gasteiger partial charge in [0.15, 0.2) is 0 Å². The summed E-state index contributed by atoms with van der Waals surface area (Å²) in [6, 6.07) is 0. The van der Waals surface area contributed by atoms with Crippen LogP contribution in [0.5, 0.6) is 0 Å². The standard InChI is InChI=1S/C27H49P/c1-22-12-7-4-5-9-18-28-19-10-6-8-14-24-16-17-25(15-11-13-22)27(3,21-24)26-20-23(26)2/h22,24-26,28H,2,4-21H2,1,3H3/t22?,24-,25-,26?,27-/m0/s1. The first-order chi connectivity index (χ1) is 13.6. The van der Waals surface area contributed by atoms with Crippen LogP contribution in [0.4, 0.5) is 0 Å². The molecule has 4 fully saturated rings. The van der Waals surface area contributed by atoms with Crippen LogP contribution in [0.2, 0.25) is 0 Å². The van der Waals surface area contributed by atoms with E-state index in [-0.39, 0.29) is 0 Å². The third kappa shape index (κ3) is 6.86. The Morgan fingerprint density at radius 2 is 1.43 bits per heavy atom. The summed E-state index contributed by atoms with van der Waals surface area (Å²) in [7, 11) is 1.25. The molecule has 0 aromatic rings.